The molecule has 0 aliphatic carbocycles. The highest BCUT2D eigenvalue weighted by Gasteiger charge is 2.11. The lowest BCUT2D eigenvalue weighted by Gasteiger charge is -2.15. The molecule has 138 valence electrons. The van der Waals surface area contributed by atoms with Crippen LogP contribution in [0.25, 0.3) is 0 Å². The number of hydrazine groups is 1. The summed E-state index contributed by atoms with van der Waals surface area (Å²) in [5, 5.41) is 0. The minimum absolute atomic E-state index is 0.0399. The van der Waals surface area contributed by atoms with Gasteiger partial charge in [-0.3, -0.25) is 20.4 Å². The maximum Gasteiger partial charge on any atom is 0.276 e. The summed E-state index contributed by atoms with van der Waals surface area (Å²) in [5.41, 5.74) is 6.32. The van der Waals surface area contributed by atoms with Crippen molar-refractivity contribution in [2.75, 3.05) is 6.61 Å². The number of hydrogen-bond donors (Lipinski definition) is 2. The van der Waals surface area contributed by atoms with E-state index in [-0.39, 0.29) is 18.8 Å². The van der Waals surface area contributed by atoms with Crippen LogP contribution in [0.5, 0.6) is 5.75 Å². The summed E-state index contributed by atoms with van der Waals surface area (Å²) in [6.07, 6.45) is 1.00. The van der Waals surface area contributed by atoms with Gasteiger partial charge in [0.2, 0.25) is 5.91 Å². The Hall–Kier alpha value is -2.89. The van der Waals surface area contributed by atoms with Crippen LogP contribution in [0.2, 0.25) is 0 Å². The topological polar surface area (TPSA) is 67.4 Å². The van der Waals surface area contributed by atoms with E-state index < -0.39 is 11.8 Å². The fraction of sp³-hybridized carbons (Fsp3) is 0.300. The van der Waals surface area contributed by atoms with Gasteiger partial charge in [0, 0.05) is 0 Å². The molecule has 0 heterocycles. The van der Waals surface area contributed by atoms with Crippen molar-refractivity contribution in [2.24, 2.45) is 0 Å². The van der Waals surface area contributed by atoms with Crippen molar-refractivity contribution >= 4 is 11.8 Å². The predicted octanol–water partition coefficient (Wildman–Crippen LogP) is 3.11. The van der Waals surface area contributed by atoms with E-state index >= 15 is 0 Å². The fourth-order valence-corrected chi connectivity index (χ4v) is 2.39. The molecule has 1 unspecified atom stereocenters. The molecule has 2 aromatic rings. The summed E-state index contributed by atoms with van der Waals surface area (Å²) < 4.78 is 18.4. The molecule has 2 N–H and O–H groups in total. The van der Waals surface area contributed by atoms with Gasteiger partial charge in [-0.2, -0.15) is 0 Å². The van der Waals surface area contributed by atoms with Gasteiger partial charge < -0.3 is 4.74 Å². The molecule has 0 aromatic heterocycles. The summed E-state index contributed by atoms with van der Waals surface area (Å²) in [4.78, 5) is 23.7. The van der Waals surface area contributed by atoms with Gasteiger partial charge in [0.1, 0.15) is 11.6 Å². The number of benzene rings is 2. The molecule has 0 aliphatic heterocycles. The van der Waals surface area contributed by atoms with E-state index in [1.807, 2.05) is 24.3 Å². The quantitative estimate of drug-likeness (QED) is 0.748. The van der Waals surface area contributed by atoms with Gasteiger partial charge >= 0.3 is 0 Å². The summed E-state index contributed by atoms with van der Waals surface area (Å²) in [7, 11) is 0. The van der Waals surface area contributed by atoms with E-state index in [0.29, 0.717) is 17.2 Å². The van der Waals surface area contributed by atoms with E-state index in [0.717, 1.165) is 12.0 Å². The van der Waals surface area contributed by atoms with Crippen LogP contribution in [0, 0.1) is 5.82 Å². The third kappa shape index (κ3) is 5.88. The zero-order valence-electron chi connectivity index (χ0n) is 14.9. The first-order valence-electron chi connectivity index (χ1n) is 8.53. The molecule has 6 heteroatoms. The Kier molecular flexibility index (Phi) is 7.14. The zero-order chi connectivity index (χ0) is 18.9. The van der Waals surface area contributed by atoms with Crippen LogP contribution < -0.4 is 15.6 Å². The third-order valence-corrected chi connectivity index (χ3v) is 4.04. The highest BCUT2D eigenvalue weighted by molar-refractivity contribution is 5.83. The fourth-order valence-electron chi connectivity index (χ4n) is 2.39. The smallest absolute Gasteiger partial charge is 0.276 e. The number of amides is 2. The molecule has 26 heavy (non-hydrogen) atoms. The summed E-state index contributed by atoms with van der Waals surface area (Å²) in [6.45, 7) is 3.98. The number of carbonyl (C=O) groups is 2. The Morgan fingerprint density at radius 1 is 1.04 bits per heavy atom. The van der Waals surface area contributed by atoms with E-state index in [1.54, 1.807) is 0 Å². The normalized spacial score (nSPS) is 11.5. The average molecular weight is 358 g/mol. The van der Waals surface area contributed by atoms with Gasteiger partial charge in [-0.15, -0.1) is 0 Å². The number of carbonyl (C=O) groups excluding carboxylic acids is 2. The van der Waals surface area contributed by atoms with Crippen molar-refractivity contribution in [2.45, 2.75) is 32.6 Å². The molecule has 0 aliphatic rings. The lowest BCUT2D eigenvalue weighted by Crippen LogP contribution is -2.44. The number of rotatable bonds is 7. The predicted molar refractivity (Wildman–Crippen MR) is 97.0 cm³/mol. The monoisotopic (exact) mass is 358 g/mol. The van der Waals surface area contributed by atoms with Crippen molar-refractivity contribution in [1.29, 1.82) is 0 Å². The van der Waals surface area contributed by atoms with Crippen LogP contribution in [0.1, 0.15) is 37.3 Å². The van der Waals surface area contributed by atoms with Crippen molar-refractivity contribution in [3.05, 3.63) is 65.5 Å². The molecule has 2 amide bonds. The van der Waals surface area contributed by atoms with Crippen LogP contribution >= 0.6 is 0 Å². The highest BCUT2D eigenvalue weighted by atomic mass is 19.1. The molecule has 0 bridgehead atoms. The molecule has 1 atom stereocenters. The standard InChI is InChI=1S/C20H23FN2O3/c1-3-14(2)17-6-4-5-7-18(17)26-13-20(25)23-22-19(24)12-15-8-10-16(21)11-9-15/h4-11,14H,3,12-13H2,1-2H3,(H,22,24)(H,23,25). The maximum absolute atomic E-state index is 12.8. The molecular weight excluding hydrogens is 335 g/mol. The van der Waals surface area contributed by atoms with Crippen LogP contribution in [-0.2, 0) is 16.0 Å². The van der Waals surface area contributed by atoms with Crippen LogP contribution in [-0.4, -0.2) is 18.4 Å². The zero-order valence-corrected chi connectivity index (χ0v) is 14.9. The summed E-state index contributed by atoms with van der Waals surface area (Å²) >= 11 is 0. The molecule has 0 fully saturated rings. The van der Waals surface area contributed by atoms with E-state index in [9.17, 15) is 14.0 Å². The second kappa shape index (κ2) is 9.56. The number of para-hydroxylation sites is 1. The van der Waals surface area contributed by atoms with E-state index in [1.165, 1.54) is 24.3 Å². The number of ether oxygens (including phenoxy) is 1. The van der Waals surface area contributed by atoms with Crippen molar-refractivity contribution in [1.82, 2.24) is 10.9 Å². The van der Waals surface area contributed by atoms with Gasteiger partial charge in [0.25, 0.3) is 5.91 Å². The molecule has 0 saturated carbocycles. The maximum atomic E-state index is 12.8. The molecule has 2 rings (SSSR count). The van der Waals surface area contributed by atoms with E-state index in [4.69, 9.17) is 4.74 Å². The van der Waals surface area contributed by atoms with Crippen molar-refractivity contribution in [3.8, 4) is 5.75 Å². The summed E-state index contributed by atoms with van der Waals surface area (Å²) in [5.74, 6) is -0.238. The SMILES string of the molecule is CCC(C)c1ccccc1OCC(=O)NNC(=O)Cc1ccc(F)cc1. The van der Waals surface area contributed by atoms with Crippen LogP contribution in [0.4, 0.5) is 4.39 Å². The van der Waals surface area contributed by atoms with Gasteiger partial charge in [-0.05, 0) is 41.7 Å². The summed E-state index contributed by atoms with van der Waals surface area (Å²) in [6, 6.07) is 13.2. The van der Waals surface area contributed by atoms with Crippen molar-refractivity contribution in [3.63, 3.8) is 0 Å². The molecule has 0 saturated heterocycles. The first kappa shape index (κ1) is 19.4. The Bertz CT molecular complexity index is 747. The molecule has 2 aromatic carbocycles. The number of halogens is 1. The highest BCUT2D eigenvalue weighted by Crippen LogP contribution is 2.28. The lowest BCUT2D eigenvalue weighted by atomic mass is 9.98. The Morgan fingerprint density at radius 3 is 2.38 bits per heavy atom. The van der Waals surface area contributed by atoms with Gasteiger partial charge in [0.15, 0.2) is 6.61 Å². The van der Waals surface area contributed by atoms with Crippen LogP contribution in [0.15, 0.2) is 48.5 Å². The Morgan fingerprint density at radius 2 is 1.69 bits per heavy atom. The minimum atomic E-state index is -0.462. The van der Waals surface area contributed by atoms with Gasteiger partial charge in [-0.1, -0.05) is 44.2 Å². The first-order valence-corrected chi connectivity index (χ1v) is 8.53. The van der Waals surface area contributed by atoms with Gasteiger partial charge in [0.05, 0.1) is 6.42 Å². The molecule has 5 nitrogen and oxygen atoms in total. The van der Waals surface area contributed by atoms with E-state index in [2.05, 4.69) is 24.7 Å². The lowest BCUT2D eigenvalue weighted by molar-refractivity contribution is -0.129. The second-order valence-corrected chi connectivity index (χ2v) is 6.04. The molecule has 0 spiro atoms. The van der Waals surface area contributed by atoms with Crippen molar-refractivity contribution < 1.29 is 18.7 Å². The first-order chi connectivity index (χ1) is 12.5. The second-order valence-electron chi connectivity index (χ2n) is 6.04. The number of nitrogens with one attached hydrogen (secondary N) is 2. The molecule has 0 radical (unpaired) electrons. The van der Waals surface area contributed by atoms with Gasteiger partial charge in [-0.25, -0.2) is 4.39 Å². The number of hydrogen-bond acceptors (Lipinski definition) is 3. The third-order valence-electron chi connectivity index (χ3n) is 4.04. The Balaban J connectivity index is 1.79. The molecular formula is C20H23FN2O3. The minimum Gasteiger partial charge on any atom is -0.483 e. The average Bonchev–Trinajstić information content (AvgIpc) is 2.66. The van der Waals surface area contributed by atoms with Crippen LogP contribution in [0.3, 0.4) is 0 Å². The Labute approximate surface area is 152 Å². The largest absolute Gasteiger partial charge is 0.483 e.